The number of pyridine rings is 3. The van der Waals surface area contributed by atoms with Crippen LogP contribution in [-0.2, 0) is 6.61 Å². The Hall–Kier alpha value is -3.10. The van der Waals surface area contributed by atoms with Crippen molar-refractivity contribution in [3.63, 3.8) is 0 Å². The molecule has 166 valence electrons. The maximum atomic E-state index is 12.8. The van der Waals surface area contributed by atoms with Crippen LogP contribution in [0.5, 0.6) is 5.75 Å². The van der Waals surface area contributed by atoms with Crippen molar-refractivity contribution in [2.24, 2.45) is 5.92 Å². The third-order valence-corrected chi connectivity index (χ3v) is 6.36. The molecule has 2 fully saturated rings. The summed E-state index contributed by atoms with van der Waals surface area (Å²) in [5, 5.41) is 4.12. The van der Waals surface area contributed by atoms with Gasteiger partial charge in [0, 0.05) is 37.6 Å². The number of ether oxygens (including phenoxy) is 1. The molecule has 3 aromatic heterocycles. The summed E-state index contributed by atoms with van der Waals surface area (Å²) >= 11 is 5.83. The molecule has 2 aliphatic rings. The highest BCUT2D eigenvalue weighted by atomic mass is 35.5. The summed E-state index contributed by atoms with van der Waals surface area (Å²) in [6, 6.07) is 10.6. The molecular formula is C23H24ClN5O3. The lowest BCUT2D eigenvalue weighted by Gasteiger charge is -2.24. The molecule has 2 N–H and O–H groups in total. The summed E-state index contributed by atoms with van der Waals surface area (Å²) in [7, 11) is 0. The van der Waals surface area contributed by atoms with Crippen molar-refractivity contribution in [2.75, 3.05) is 24.5 Å². The number of aromatic amines is 1. The highest BCUT2D eigenvalue weighted by molar-refractivity contribution is 6.30. The van der Waals surface area contributed by atoms with Gasteiger partial charge in [0.25, 0.3) is 11.1 Å². The van der Waals surface area contributed by atoms with Gasteiger partial charge in [0.15, 0.2) is 0 Å². The first kappa shape index (κ1) is 20.8. The molecule has 8 nitrogen and oxygen atoms in total. The second-order valence-corrected chi connectivity index (χ2v) is 8.69. The third-order valence-electron chi connectivity index (χ3n) is 6.14. The molecule has 32 heavy (non-hydrogen) atoms. The van der Waals surface area contributed by atoms with Gasteiger partial charge in [-0.05, 0) is 55.6 Å². The summed E-state index contributed by atoms with van der Waals surface area (Å²) in [5.74, 6) is 1.81. The van der Waals surface area contributed by atoms with Crippen LogP contribution in [0.3, 0.4) is 0 Å². The van der Waals surface area contributed by atoms with E-state index in [4.69, 9.17) is 16.3 Å². The topological polar surface area (TPSA) is 92.2 Å². The zero-order valence-electron chi connectivity index (χ0n) is 17.5. The van der Waals surface area contributed by atoms with E-state index < -0.39 is 0 Å². The van der Waals surface area contributed by atoms with Crippen LogP contribution < -0.4 is 26.1 Å². The van der Waals surface area contributed by atoms with Crippen molar-refractivity contribution in [1.29, 1.82) is 0 Å². The SMILES string of the molecule is O=c1[nH]c(N2CC3CCCNC3C2)ccc1-n1ccc(OCc2ccc(Cl)cn2)cc1=O. The maximum absolute atomic E-state index is 12.8. The molecule has 9 heteroatoms. The Balaban J connectivity index is 1.30. The quantitative estimate of drug-likeness (QED) is 0.616. The van der Waals surface area contributed by atoms with E-state index in [0.29, 0.717) is 28.4 Å². The zero-order valence-corrected chi connectivity index (χ0v) is 18.2. The molecule has 5 rings (SSSR count). The van der Waals surface area contributed by atoms with Crippen molar-refractivity contribution in [2.45, 2.75) is 25.5 Å². The van der Waals surface area contributed by atoms with Crippen molar-refractivity contribution in [3.05, 3.63) is 80.2 Å². The number of nitrogens with one attached hydrogen (secondary N) is 2. The van der Waals surface area contributed by atoms with Gasteiger partial charge in [-0.1, -0.05) is 11.6 Å². The predicted octanol–water partition coefficient (Wildman–Crippen LogP) is 2.34. The molecule has 0 aromatic carbocycles. The van der Waals surface area contributed by atoms with E-state index in [0.717, 1.165) is 25.5 Å². The van der Waals surface area contributed by atoms with E-state index in [1.807, 2.05) is 6.07 Å². The lowest BCUT2D eigenvalue weighted by atomic mass is 9.94. The van der Waals surface area contributed by atoms with Crippen LogP contribution >= 0.6 is 11.6 Å². The largest absolute Gasteiger partial charge is 0.487 e. The fourth-order valence-electron chi connectivity index (χ4n) is 4.47. The molecule has 2 atom stereocenters. The van der Waals surface area contributed by atoms with Gasteiger partial charge in [0.2, 0.25) is 0 Å². The first-order chi connectivity index (χ1) is 15.6. The number of fused-ring (bicyclic) bond motifs is 1. The number of anilines is 1. The molecule has 2 aliphatic heterocycles. The highest BCUT2D eigenvalue weighted by Gasteiger charge is 2.34. The van der Waals surface area contributed by atoms with Crippen LogP contribution in [0.25, 0.3) is 5.69 Å². The molecule has 0 saturated carbocycles. The molecule has 0 radical (unpaired) electrons. The van der Waals surface area contributed by atoms with Gasteiger partial charge >= 0.3 is 0 Å². The average Bonchev–Trinajstić information content (AvgIpc) is 3.24. The first-order valence-corrected chi connectivity index (χ1v) is 11.1. The maximum Gasteiger partial charge on any atom is 0.273 e. The summed E-state index contributed by atoms with van der Waals surface area (Å²) in [5.41, 5.74) is 0.328. The normalized spacial score (nSPS) is 20.2. The number of piperidine rings is 1. The summed E-state index contributed by atoms with van der Waals surface area (Å²) in [6.45, 7) is 3.09. The minimum absolute atomic E-state index is 0.211. The number of H-pyrrole nitrogens is 1. The van der Waals surface area contributed by atoms with Gasteiger partial charge in [0.1, 0.15) is 23.9 Å². The van der Waals surface area contributed by atoms with Crippen molar-refractivity contribution < 1.29 is 4.74 Å². The van der Waals surface area contributed by atoms with Crippen molar-refractivity contribution in [3.8, 4) is 11.4 Å². The fourth-order valence-corrected chi connectivity index (χ4v) is 4.58. The van der Waals surface area contributed by atoms with Crippen LogP contribution in [0.15, 0.2) is 58.4 Å². The molecule has 0 aliphatic carbocycles. The summed E-state index contributed by atoms with van der Waals surface area (Å²) in [6.07, 6.45) is 5.50. The van der Waals surface area contributed by atoms with Gasteiger partial charge in [-0.25, -0.2) is 0 Å². The molecular weight excluding hydrogens is 430 g/mol. The molecule has 5 heterocycles. The van der Waals surface area contributed by atoms with E-state index in [2.05, 4.69) is 20.2 Å². The number of hydrogen-bond acceptors (Lipinski definition) is 6. The number of aromatic nitrogens is 3. The Morgan fingerprint density at radius 1 is 1.16 bits per heavy atom. The van der Waals surface area contributed by atoms with Gasteiger partial charge < -0.3 is 19.9 Å². The van der Waals surface area contributed by atoms with E-state index in [1.54, 1.807) is 36.7 Å². The second kappa shape index (κ2) is 8.80. The Morgan fingerprint density at radius 2 is 2.06 bits per heavy atom. The molecule has 0 bridgehead atoms. The van der Waals surface area contributed by atoms with Gasteiger partial charge in [-0.3, -0.25) is 19.1 Å². The van der Waals surface area contributed by atoms with Crippen LogP contribution in [-0.4, -0.2) is 40.2 Å². The van der Waals surface area contributed by atoms with Gasteiger partial charge in [0.05, 0.1) is 10.7 Å². The lowest BCUT2D eigenvalue weighted by molar-refractivity contribution is 0.300. The number of hydrogen-bond donors (Lipinski definition) is 2. The van der Waals surface area contributed by atoms with Crippen LogP contribution in [0.1, 0.15) is 18.5 Å². The summed E-state index contributed by atoms with van der Waals surface area (Å²) < 4.78 is 6.97. The minimum atomic E-state index is -0.346. The Kier molecular flexibility index (Phi) is 5.71. The third kappa shape index (κ3) is 4.28. The molecule has 2 unspecified atom stereocenters. The number of nitrogens with zero attached hydrogens (tertiary/aromatic N) is 3. The number of rotatable bonds is 5. The van der Waals surface area contributed by atoms with Crippen LogP contribution in [0.2, 0.25) is 5.02 Å². The van der Waals surface area contributed by atoms with Crippen LogP contribution in [0, 0.1) is 5.92 Å². The Bertz CT molecular complexity index is 1210. The van der Waals surface area contributed by atoms with E-state index in [1.165, 1.54) is 23.5 Å². The van der Waals surface area contributed by atoms with E-state index >= 15 is 0 Å². The average molecular weight is 454 g/mol. The van der Waals surface area contributed by atoms with Gasteiger partial charge in [-0.2, -0.15) is 0 Å². The van der Waals surface area contributed by atoms with Crippen molar-refractivity contribution >= 4 is 17.4 Å². The lowest BCUT2D eigenvalue weighted by Crippen LogP contribution is -2.40. The highest BCUT2D eigenvalue weighted by Crippen LogP contribution is 2.27. The molecule has 2 saturated heterocycles. The molecule has 3 aromatic rings. The fraction of sp³-hybridized carbons (Fsp3) is 0.348. The Labute approximate surface area is 189 Å². The van der Waals surface area contributed by atoms with E-state index in [-0.39, 0.29) is 23.4 Å². The predicted molar refractivity (Wildman–Crippen MR) is 123 cm³/mol. The Morgan fingerprint density at radius 3 is 2.81 bits per heavy atom. The zero-order chi connectivity index (χ0) is 22.1. The minimum Gasteiger partial charge on any atom is -0.487 e. The smallest absolute Gasteiger partial charge is 0.273 e. The first-order valence-electron chi connectivity index (χ1n) is 10.7. The van der Waals surface area contributed by atoms with Crippen molar-refractivity contribution in [1.82, 2.24) is 19.9 Å². The van der Waals surface area contributed by atoms with Gasteiger partial charge in [-0.15, -0.1) is 0 Å². The molecule has 0 spiro atoms. The molecule has 0 amide bonds. The van der Waals surface area contributed by atoms with Crippen LogP contribution in [0.4, 0.5) is 5.82 Å². The van der Waals surface area contributed by atoms with E-state index in [9.17, 15) is 9.59 Å². The monoisotopic (exact) mass is 453 g/mol. The number of halogens is 1. The standard InChI is InChI=1S/C23H24ClN5O3/c24-16-3-4-17(26-11-16)14-32-18-7-9-29(22(30)10-18)20-5-6-21(27-23(20)31)28-12-15-2-1-8-25-19(15)13-28/h3-7,9-11,15,19,25H,1-2,8,12-14H2,(H,27,31). The second-order valence-electron chi connectivity index (χ2n) is 8.25. The summed E-state index contributed by atoms with van der Waals surface area (Å²) in [4.78, 5) is 34.7.